The maximum atomic E-state index is 6.45. The molecule has 2 heteroatoms. The van der Waals surface area contributed by atoms with E-state index in [0.717, 1.165) is 0 Å². The Hall–Kier alpha value is 0.200. The van der Waals surface area contributed by atoms with E-state index in [-0.39, 0.29) is 0 Å². The molecule has 62 valence electrons. The second-order valence-corrected chi connectivity index (χ2v) is 8.48. The van der Waals surface area contributed by atoms with Gasteiger partial charge in [0.2, 0.25) is 0 Å². The van der Waals surface area contributed by atoms with Crippen molar-refractivity contribution in [3.63, 3.8) is 0 Å². The SMILES string of the molecule is CC1=C(C)[P+](C)(Cl)C(C)=C1C. The zero-order chi connectivity index (χ0) is 8.81. The molecule has 0 saturated carbocycles. The van der Waals surface area contributed by atoms with Crippen molar-refractivity contribution in [2.75, 3.05) is 6.66 Å². The van der Waals surface area contributed by atoms with Crippen molar-refractivity contribution in [2.24, 2.45) is 0 Å². The Labute approximate surface area is 74.5 Å². The first-order valence-corrected chi connectivity index (χ1v) is 6.95. The van der Waals surface area contributed by atoms with Crippen LogP contribution in [0.4, 0.5) is 0 Å². The molecule has 1 heterocycles. The second-order valence-electron chi connectivity index (χ2n) is 3.32. The van der Waals surface area contributed by atoms with Crippen molar-refractivity contribution in [3.8, 4) is 0 Å². The summed E-state index contributed by atoms with van der Waals surface area (Å²) in [5, 5.41) is 2.82. The molecular formula is C9H15ClP+. The topological polar surface area (TPSA) is 0 Å². The fraction of sp³-hybridized carbons (Fsp3) is 0.556. The summed E-state index contributed by atoms with van der Waals surface area (Å²) >= 11 is 6.45. The number of rotatable bonds is 0. The van der Waals surface area contributed by atoms with Gasteiger partial charge in [-0.2, -0.15) is 0 Å². The molecule has 0 saturated heterocycles. The monoisotopic (exact) mass is 189 g/mol. The lowest BCUT2D eigenvalue weighted by atomic mass is 10.1. The molecular weight excluding hydrogens is 175 g/mol. The van der Waals surface area contributed by atoms with E-state index in [0.29, 0.717) is 0 Å². The first-order valence-electron chi connectivity index (χ1n) is 3.81. The number of hydrogen-bond acceptors (Lipinski definition) is 0. The summed E-state index contributed by atoms with van der Waals surface area (Å²) in [6, 6.07) is 0. The lowest BCUT2D eigenvalue weighted by Gasteiger charge is -2.08. The maximum Gasteiger partial charge on any atom is 0.166 e. The van der Waals surface area contributed by atoms with Crippen LogP contribution < -0.4 is 0 Å². The van der Waals surface area contributed by atoms with Crippen LogP contribution in [0, 0.1) is 0 Å². The summed E-state index contributed by atoms with van der Waals surface area (Å²) in [7, 11) is 0. The third-order valence-electron chi connectivity index (χ3n) is 2.91. The maximum absolute atomic E-state index is 6.45. The lowest BCUT2D eigenvalue weighted by molar-refractivity contribution is 1.31. The molecule has 0 aromatic heterocycles. The fourth-order valence-corrected chi connectivity index (χ4v) is 4.28. The highest BCUT2D eigenvalue weighted by atomic mass is 35.7. The lowest BCUT2D eigenvalue weighted by Crippen LogP contribution is -1.79. The van der Waals surface area contributed by atoms with Gasteiger partial charge in [-0.05, 0) is 38.8 Å². The van der Waals surface area contributed by atoms with Gasteiger partial charge < -0.3 is 0 Å². The minimum Gasteiger partial charge on any atom is -0.0358 e. The zero-order valence-electron chi connectivity index (χ0n) is 7.83. The van der Waals surface area contributed by atoms with E-state index in [2.05, 4.69) is 34.4 Å². The van der Waals surface area contributed by atoms with E-state index in [4.69, 9.17) is 11.2 Å². The molecule has 0 bridgehead atoms. The molecule has 0 aliphatic carbocycles. The number of hydrogen-bond donors (Lipinski definition) is 0. The van der Waals surface area contributed by atoms with Crippen molar-refractivity contribution in [3.05, 3.63) is 21.8 Å². The first-order chi connectivity index (χ1) is 4.89. The summed E-state index contributed by atoms with van der Waals surface area (Å²) in [4.78, 5) is 0. The molecule has 0 radical (unpaired) electrons. The largest absolute Gasteiger partial charge is 0.166 e. The molecule has 0 N–H and O–H groups in total. The van der Waals surface area contributed by atoms with Gasteiger partial charge in [0.05, 0.1) is 28.5 Å². The summed E-state index contributed by atoms with van der Waals surface area (Å²) in [5.41, 5.74) is 2.82. The molecule has 1 aliphatic rings. The van der Waals surface area contributed by atoms with E-state index in [1.807, 2.05) is 0 Å². The van der Waals surface area contributed by atoms with Gasteiger partial charge in [0, 0.05) is 0 Å². The predicted octanol–water partition coefficient (Wildman–Crippen LogP) is 4.39. The van der Waals surface area contributed by atoms with Crippen LogP contribution >= 0.6 is 17.9 Å². The molecule has 0 spiro atoms. The highest BCUT2D eigenvalue weighted by Gasteiger charge is 2.43. The summed E-state index contributed by atoms with van der Waals surface area (Å²) in [6.45, 7) is 9.49. The Bertz CT molecular complexity index is 233. The molecule has 0 atom stereocenters. The predicted molar refractivity (Wildman–Crippen MR) is 55.4 cm³/mol. The normalized spacial score (nSPS) is 23.5. The molecule has 11 heavy (non-hydrogen) atoms. The summed E-state index contributed by atoms with van der Waals surface area (Å²) in [5.74, 6) is 0. The zero-order valence-corrected chi connectivity index (χ0v) is 9.48. The van der Waals surface area contributed by atoms with Gasteiger partial charge in [0.1, 0.15) is 0 Å². The smallest absolute Gasteiger partial charge is 0.0358 e. The van der Waals surface area contributed by atoms with Gasteiger partial charge in [-0.25, -0.2) is 0 Å². The van der Waals surface area contributed by atoms with Gasteiger partial charge in [-0.15, -0.1) is 0 Å². The Morgan fingerprint density at radius 2 is 1.18 bits per heavy atom. The van der Waals surface area contributed by atoms with Crippen LogP contribution in [-0.2, 0) is 0 Å². The molecule has 0 fully saturated rings. The van der Waals surface area contributed by atoms with Crippen molar-refractivity contribution in [1.29, 1.82) is 0 Å². The van der Waals surface area contributed by atoms with E-state index in [9.17, 15) is 0 Å². The highest BCUT2D eigenvalue weighted by Crippen LogP contribution is 2.78. The Kier molecular flexibility index (Phi) is 2.20. The van der Waals surface area contributed by atoms with E-state index < -0.39 is 6.62 Å². The van der Waals surface area contributed by atoms with E-state index in [1.54, 1.807) is 0 Å². The van der Waals surface area contributed by atoms with Crippen LogP contribution in [0.5, 0.6) is 0 Å². The molecule has 0 aromatic rings. The van der Waals surface area contributed by atoms with Gasteiger partial charge in [0.15, 0.2) is 6.62 Å². The van der Waals surface area contributed by atoms with Crippen LogP contribution in [-0.4, -0.2) is 6.66 Å². The van der Waals surface area contributed by atoms with Crippen LogP contribution in [0.15, 0.2) is 21.8 Å². The van der Waals surface area contributed by atoms with Gasteiger partial charge in [-0.3, -0.25) is 0 Å². The van der Waals surface area contributed by atoms with Crippen molar-refractivity contribution in [1.82, 2.24) is 0 Å². The molecule has 0 nitrogen and oxygen atoms in total. The first kappa shape index (κ1) is 9.29. The van der Waals surface area contributed by atoms with Crippen molar-refractivity contribution in [2.45, 2.75) is 27.7 Å². The van der Waals surface area contributed by atoms with Crippen LogP contribution in [0.1, 0.15) is 27.7 Å². The minimum absolute atomic E-state index is 1.36. The standard InChI is InChI=1S/C9H15ClP/c1-6-7(2)9(4)11(5,10)8(6)3/h1-5H3/q+1. The third-order valence-corrected chi connectivity index (χ3v) is 7.62. The molecule has 1 rings (SSSR count). The Balaban J connectivity index is 3.27. The van der Waals surface area contributed by atoms with Gasteiger partial charge in [-0.1, -0.05) is 0 Å². The Morgan fingerprint density at radius 1 is 0.909 bits per heavy atom. The molecule has 0 aromatic carbocycles. The van der Waals surface area contributed by atoms with Crippen LogP contribution in [0.2, 0.25) is 0 Å². The summed E-state index contributed by atoms with van der Waals surface area (Å²) < 4.78 is 0. The average molecular weight is 190 g/mol. The molecule has 1 aliphatic heterocycles. The van der Waals surface area contributed by atoms with Crippen molar-refractivity contribution >= 4 is 17.9 Å². The van der Waals surface area contributed by atoms with Gasteiger partial charge in [0.25, 0.3) is 0 Å². The molecule has 0 amide bonds. The highest BCUT2D eigenvalue weighted by molar-refractivity contribution is 8.04. The van der Waals surface area contributed by atoms with E-state index >= 15 is 0 Å². The van der Waals surface area contributed by atoms with Crippen molar-refractivity contribution < 1.29 is 0 Å². The quantitative estimate of drug-likeness (QED) is 0.496. The number of allylic oxidation sites excluding steroid dienone is 4. The summed E-state index contributed by atoms with van der Waals surface area (Å²) in [6.07, 6.45) is 0. The van der Waals surface area contributed by atoms with Gasteiger partial charge >= 0.3 is 0 Å². The van der Waals surface area contributed by atoms with E-state index in [1.165, 1.54) is 21.8 Å². The van der Waals surface area contributed by atoms with Crippen LogP contribution in [0.3, 0.4) is 0 Å². The second kappa shape index (κ2) is 2.61. The van der Waals surface area contributed by atoms with Crippen LogP contribution in [0.25, 0.3) is 0 Å². The number of halogens is 1. The minimum atomic E-state index is -1.36. The fourth-order valence-electron chi connectivity index (χ4n) is 1.42. The average Bonchev–Trinajstić information content (AvgIpc) is 2.06. The third kappa shape index (κ3) is 1.17. The Morgan fingerprint density at radius 3 is 1.27 bits per heavy atom. The molecule has 0 unspecified atom stereocenters.